The van der Waals surface area contributed by atoms with Crippen molar-refractivity contribution >= 4 is 22.9 Å². The van der Waals surface area contributed by atoms with Crippen LogP contribution >= 0.6 is 11.3 Å². The molecule has 1 aliphatic rings. The predicted octanol–water partition coefficient (Wildman–Crippen LogP) is 4.79. The summed E-state index contributed by atoms with van der Waals surface area (Å²) in [6.07, 6.45) is 3.42. The first-order valence-corrected chi connectivity index (χ1v) is 10.4. The monoisotopic (exact) mass is 393 g/mol. The van der Waals surface area contributed by atoms with Crippen LogP contribution in [0.15, 0.2) is 65.5 Å². The molecule has 0 bridgehead atoms. The average molecular weight is 394 g/mol. The number of rotatable bonds is 6. The van der Waals surface area contributed by atoms with Crippen molar-refractivity contribution in [3.05, 3.63) is 71.1 Å². The first-order valence-electron chi connectivity index (χ1n) is 9.49. The van der Waals surface area contributed by atoms with Gasteiger partial charge in [-0.15, -0.1) is 0 Å². The first-order chi connectivity index (χ1) is 13.8. The quantitative estimate of drug-likeness (QED) is 0.654. The van der Waals surface area contributed by atoms with Crippen molar-refractivity contribution in [1.82, 2.24) is 9.88 Å². The molecule has 0 atom stereocenters. The van der Waals surface area contributed by atoms with Crippen molar-refractivity contribution < 1.29 is 9.53 Å². The number of anilines is 1. The van der Waals surface area contributed by atoms with Crippen LogP contribution in [-0.2, 0) is 11.3 Å². The highest BCUT2D eigenvalue weighted by atomic mass is 32.1. The highest BCUT2D eigenvalue weighted by Crippen LogP contribution is 2.23. The normalized spacial score (nSPS) is 15.3. The number of hydrogen-bond donors (Lipinski definition) is 1. The second-order valence-corrected chi connectivity index (χ2v) is 7.75. The number of likely N-dealkylation sites (tertiary alicyclic amines) is 1. The Balaban J connectivity index is 1.26. The third-order valence-electron chi connectivity index (χ3n) is 4.91. The average Bonchev–Trinajstić information content (AvgIpc) is 3.24. The summed E-state index contributed by atoms with van der Waals surface area (Å²) in [6, 6.07) is 15.3. The summed E-state index contributed by atoms with van der Waals surface area (Å²) < 4.78 is 5.68. The van der Waals surface area contributed by atoms with E-state index in [0.29, 0.717) is 11.6 Å². The number of ether oxygens (including phenoxy) is 1. The summed E-state index contributed by atoms with van der Waals surface area (Å²) in [6.45, 7) is 2.89. The van der Waals surface area contributed by atoms with Crippen molar-refractivity contribution in [2.45, 2.75) is 19.4 Å². The van der Waals surface area contributed by atoms with Crippen LogP contribution in [0, 0.1) is 5.92 Å². The van der Waals surface area contributed by atoms with Crippen LogP contribution in [-0.4, -0.2) is 28.9 Å². The summed E-state index contributed by atoms with van der Waals surface area (Å²) in [5, 5.41) is 7.29. The van der Waals surface area contributed by atoms with Gasteiger partial charge in [-0.1, -0.05) is 18.2 Å². The lowest BCUT2D eigenvalue weighted by Gasteiger charge is -2.31. The molecule has 1 aliphatic heterocycles. The van der Waals surface area contributed by atoms with Crippen LogP contribution in [0.5, 0.6) is 11.6 Å². The Kier molecular flexibility index (Phi) is 5.99. The first kappa shape index (κ1) is 18.7. The molecule has 1 saturated heterocycles. The van der Waals surface area contributed by atoms with Gasteiger partial charge in [0.05, 0.1) is 11.9 Å². The molecule has 3 aromatic rings. The van der Waals surface area contributed by atoms with Crippen LogP contribution < -0.4 is 10.1 Å². The van der Waals surface area contributed by atoms with E-state index in [1.165, 1.54) is 5.56 Å². The fourth-order valence-electron chi connectivity index (χ4n) is 3.36. The van der Waals surface area contributed by atoms with Crippen LogP contribution in [0.2, 0.25) is 0 Å². The second-order valence-electron chi connectivity index (χ2n) is 6.97. The lowest BCUT2D eigenvalue weighted by atomic mass is 9.95. The summed E-state index contributed by atoms with van der Waals surface area (Å²) in [4.78, 5) is 19.3. The molecule has 0 aliphatic carbocycles. The van der Waals surface area contributed by atoms with Crippen molar-refractivity contribution in [2.24, 2.45) is 5.92 Å². The van der Waals surface area contributed by atoms with Crippen LogP contribution in [0.25, 0.3) is 0 Å². The number of pyridine rings is 1. The minimum absolute atomic E-state index is 0.0546. The number of carbonyl (C=O) groups is 1. The maximum Gasteiger partial charge on any atom is 0.227 e. The number of piperidine rings is 1. The van der Waals surface area contributed by atoms with Crippen molar-refractivity contribution in [3.8, 4) is 11.6 Å². The Bertz CT molecular complexity index is 874. The third-order valence-corrected chi connectivity index (χ3v) is 5.65. The molecule has 1 amide bonds. The SMILES string of the molecule is O=C(Nc1ccc(Oc2ccccc2)nc1)C1CCN(Cc2ccsc2)CC1. The van der Waals surface area contributed by atoms with E-state index in [1.807, 2.05) is 36.4 Å². The van der Waals surface area contributed by atoms with Gasteiger partial charge in [0.2, 0.25) is 11.8 Å². The largest absolute Gasteiger partial charge is 0.439 e. The number of nitrogens with one attached hydrogen (secondary N) is 1. The molecule has 3 heterocycles. The maximum absolute atomic E-state index is 12.6. The smallest absolute Gasteiger partial charge is 0.227 e. The zero-order valence-electron chi connectivity index (χ0n) is 15.6. The molecule has 1 N–H and O–H groups in total. The maximum atomic E-state index is 12.6. The van der Waals surface area contributed by atoms with Crippen molar-refractivity contribution in [2.75, 3.05) is 18.4 Å². The van der Waals surface area contributed by atoms with Crippen LogP contribution in [0.1, 0.15) is 18.4 Å². The second kappa shape index (κ2) is 8.99. The predicted molar refractivity (Wildman–Crippen MR) is 112 cm³/mol. The number of amides is 1. The fraction of sp³-hybridized carbons (Fsp3) is 0.273. The summed E-state index contributed by atoms with van der Waals surface area (Å²) >= 11 is 1.73. The van der Waals surface area contributed by atoms with E-state index in [9.17, 15) is 4.79 Å². The van der Waals surface area contributed by atoms with E-state index >= 15 is 0 Å². The number of thiophene rings is 1. The molecule has 0 spiro atoms. The van der Waals surface area contributed by atoms with Gasteiger partial charge >= 0.3 is 0 Å². The molecular formula is C22H23N3O2S. The molecule has 0 unspecified atom stereocenters. The van der Waals surface area contributed by atoms with Gasteiger partial charge in [0.15, 0.2) is 0 Å². The van der Waals surface area contributed by atoms with Gasteiger partial charge in [0.1, 0.15) is 5.75 Å². The van der Waals surface area contributed by atoms with E-state index < -0.39 is 0 Å². The minimum Gasteiger partial charge on any atom is -0.439 e. The fourth-order valence-corrected chi connectivity index (χ4v) is 4.02. The van der Waals surface area contributed by atoms with Crippen LogP contribution in [0.4, 0.5) is 5.69 Å². The molecule has 1 aromatic carbocycles. The minimum atomic E-state index is 0.0546. The molecular weight excluding hydrogens is 370 g/mol. The highest BCUT2D eigenvalue weighted by molar-refractivity contribution is 7.07. The number of benzene rings is 1. The topological polar surface area (TPSA) is 54.5 Å². The summed E-state index contributed by atoms with van der Waals surface area (Å²) in [5.41, 5.74) is 2.06. The lowest BCUT2D eigenvalue weighted by molar-refractivity contribution is -0.121. The zero-order valence-corrected chi connectivity index (χ0v) is 16.4. The van der Waals surface area contributed by atoms with E-state index in [4.69, 9.17) is 4.74 Å². The number of hydrogen-bond acceptors (Lipinski definition) is 5. The van der Waals surface area contributed by atoms with Crippen molar-refractivity contribution in [3.63, 3.8) is 0 Å². The van der Waals surface area contributed by atoms with Gasteiger partial charge in [0.25, 0.3) is 0 Å². The number of para-hydroxylation sites is 1. The van der Waals surface area contributed by atoms with Gasteiger partial charge in [0, 0.05) is 18.5 Å². The van der Waals surface area contributed by atoms with Gasteiger partial charge in [-0.05, 0) is 66.5 Å². The molecule has 1 fully saturated rings. The molecule has 4 rings (SSSR count). The molecule has 6 heteroatoms. The molecule has 28 heavy (non-hydrogen) atoms. The molecule has 5 nitrogen and oxygen atoms in total. The van der Waals surface area contributed by atoms with Gasteiger partial charge in [-0.3, -0.25) is 9.69 Å². The molecule has 0 radical (unpaired) electrons. The summed E-state index contributed by atoms with van der Waals surface area (Å²) in [7, 11) is 0. The number of nitrogens with zero attached hydrogens (tertiary/aromatic N) is 2. The Morgan fingerprint density at radius 3 is 2.64 bits per heavy atom. The zero-order chi connectivity index (χ0) is 19.2. The van der Waals surface area contributed by atoms with E-state index in [-0.39, 0.29) is 11.8 Å². The Hall–Kier alpha value is -2.70. The van der Waals surface area contributed by atoms with Crippen LogP contribution in [0.3, 0.4) is 0 Å². The van der Waals surface area contributed by atoms with E-state index in [0.717, 1.165) is 38.2 Å². The van der Waals surface area contributed by atoms with Gasteiger partial charge < -0.3 is 10.1 Å². The van der Waals surface area contributed by atoms with E-state index in [2.05, 4.69) is 32.0 Å². The summed E-state index contributed by atoms with van der Waals surface area (Å²) in [5.74, 6) is 1.37. The Morgan fingerprint density at radius 2 is 1.96 bits per heavy atom. The number of carbonyl (C=O) groups excluding carboxylic acids is 1. The Labute approximate surface area is 169 Å². The lowest BCUT2D eigenvalue weighted by Crippen LogP contribution is -2.37. The Morgan fingerprint density at radius 1 is 1.14 bits per heavy atom. The van der Waals surface area contributed by atoms with Gasteiger partial charge in [-0.2, -0.15) is 11.3 Å². The van der Waals surface area contributed by atoms with E-state index in [1.54, 1.807) is 23.6 Å². The third kappa shape index (κ3) is 4.97. The molecule has 2 aromatic heterocycles. The van der Waals surface area contributed by atoms with Crippen molar-refractivity contribution in [1.29, 1.82) is 0 Å². The molecule has 0 saturated carbocycles. The van der Waals surface area contributed by atoms with Gasteiger partial charge in [-0.25, -0.2) is 4.98 Å². The molecule has 144 valence electrons. The highest BCUT2D eigenvalue weighted by Gasteiger charge is 2.25. The number of aromatic nitrogens is 1. The standard InChI is InChI=1S/C22H23N3O2S/c26-22(18-8-11-25(12-9-18)15-17-10-13-28-16-17)24-19-6-7-21(23-14-19)27-20-4-2-1-3-5-20/h1-7,10,13-14,16,18H,8-9,11-12,15H2,(H,24,26).